The fourth-order valence-electron chi connectivity index (χ4n) is 1.54. The van der Waals surface area contributed by atoms with Gasteiger partial charge in [0, 0.05) is 15.1 Å². The van der Waals surface area contributed by atoms with Crippen LogP contribution in [0.5, 0.6) is 0 Å². The lowest BCUT2D eigenvalue weighted by Gasteiger charge is -2.28. The van der Waals surface area contributed by atoms with Gasteiger partial charge in [0.25, 0.3) is 0 Å². The average Bonchev–Trinajstić information content (AvgIpc) is 2.28. The van der Waals surface area contributed by atoms with Crippen LogP contribution in [0.3, 0.4) is 0 Å². The zero-order valence-corrected chi connectivity index (χ0v) is 12.9. The van der Waals surface area contributed by atoms with Gasteiger partial charge in [-0.3, -0.25) is 4.79 Å². The number of hydrogen-bond donors (Lipinski definition) is 1. The molecule has 3 nitrogen and oxygen atoms in total. The zero-order chi connectivity index (χ0) is 13.9. The van der Waals surface area contributed by atoms with E-state index in [4.69, 9.17) is 16.3 Å². The van der Waals surface area contributed by atoms with Crippen LogP contribution >= 0.6 is 27.5 Å². The zero-order valence-electron chi connectivity index (χ0n) is 10.5. The largest absolute Gasteiger partial charge is 0.465 e. The molecule has 5 heteroatoms. The molecule has 1 unspecified atom stereocenters. The van der Waals surface area contributed by atoms with Crippen LogP contribution in [-0.2, 0) is 9.53 Å². The molecule has 0 radical (unpaired) electrons. The molecule has 0 heterocycles. The lowest BCUT2D eigenvalue weighted by Crippen LogP contribution is -2.33. The predicted molar refractivity (Wildman–Crippen MR) is 74.5 cm³/mol. The number of carbonyl (C=O) groups is 1. The molecule has 100 valence electrons. The summed E-state index contributed by atoms with van der Waals surface area (Å²) in [6.07, 6.45) is -1.02. The molecule has 0 aliphatic heterocycles. The third-order valence-electron chi connectivity index (χ3n) is 2.74. The van der Waals surface area contributed by atoms with Crippen molar-refractivity contribution >= 4 is 33.5 Å². The number of aliphatic hydroxyl groups excluding tert-OH is 1. The number of esters is 1. The number of rotatable bonds is 4. The Balaban J connectivity index is 3.05. The van der Waals surface area contributed by atoms with E-state index in [1.54, 1.807) is 39.0 Å². The van der Waals surface area contributed by atoms with Crippen molar-refractivity contribution in [1.82, 2.24) is 0 Å². The minimum Gasteiger partial charge on any atom is -0.465 e. The van der Waals surface area contributed by atoms with Crippen molar-refractivity contribution < 1.29 is 14.6 Å². The van der Waals surface area contributed by atoms with E-state index in [2.05, 4.69) is 15.9 Å². The van der Waals surface area contributed by atoms with Gasteiger partial charge in [0.1, 0.15) is 0 Å². The van der Waals surface area contributed by atoms with E-state index < -0.39 is 17.5 Å². The quantitative estimate of drug-likeness (QED) is 0.853. The number of hydrogen-bond acceptors (Lipinski definition) is 3. The number of halogens is 2. The third kappa shape index (κ3) is 3.25. The highest BCUT2D eigenvalue weighted by Gasteiger charge is 2.39. The normalized spacial score (nSPS) is 13.2. The average molecular weight is 336 g/mol. The lowest BCUT2D eigenvalue weighted by atomic mass is 9.82. The molecule has 1 N–H and O–H groups in total. The van der Waals surface area contributed by atoms with Gasteiger partial charge in [0.05, 0.1) is 18.1 Å². The Kier molecular flexibility index (Phi) is 5.20. The molecule has 0 bridgehead atoms. The van der Waals surface area contributed by atoms with Crippen LogP contribution in [0, 0.1) is 5.41 Å². The number of ether oxygens (including phenoxy) is 1. The Hall–Kier alpha value is -0.580. The maximum Gasteiger partial charge on any atom is 0.314 e. The van der Waals surface area contributed by atoms with Crippen molar-refractivity contribution in [3.8, 4) is 0 Å². The first-order valence-electron chi connectivity index (χ1n) is 5.61. The highest BCUT2D eigenvalue weighted by Crippen LogP contribution is 2.38. The highest BCUT2D eigenvalue weighted by atomic mass is 79.9. The van der Waals surface area contributed by atoms with Gasteiger partial charge in [-0.1, -0.05) is 33.6 Å². The molecule has 1 aromatic rings. The molecule has 0 amide bonds. The van der Waals surface area contributed by atoms with Crippen LogP contribution in [0.15, 0.2) is 22.7 Å². The SMILES string of the molecule is CCOC(=O)C(C)(C)C(O)c1ccc(Br)cc1Cl. The molecule has 0 saturated carbocycles. The topological polar surface area (TPSA) is 46.5 Å². The summed E-state index contributed by atoms with van der Waals surface area (Å²) in [6, 6.07) is 5.14. The van der Waals surface area contributed by atoms with Gasteiger partial charge < -0.3 is 9.84 Å². The fourth-order valence-corrected chi connectivity index (χ4v) is 2.32. The summed E-state index contributed by atoms with van der Waals surface area (Å²) in [5, 5.41) is 10.7. The Labute approximate surface area is 120 Å². The van der Waals surface area contributed by atoms with Gasteiger partial charge in [-0.15, -0.1) is 0 Å². The van der Waals surface area contributed by atoms with Gasteiger partial charge >= 0.3 is 5.97 Å². The number of benzene rings is 1. The van der Waals surface area contributed by atoms with Gasteiger partial charge in [0.2, 0.25) is 0 Å². The first-order valence-corrected chi connectivity index (χ1v) is 6.78. The molecule has 0 spiro atoms. The van der Waals surface area contributed by atoms with Crippen molar-refractivity contribution in [2.45, 2.75) is 26.9 Å². The van der Waals surface area contributed by atoms with Crippen molar-refractivity contribution in [2.75, 3.05) is 6.61 Å². The summed E-state index contributed by atoms with van der Waals surface area (Å²) in [5.41, 5.74) is -0.536. The van der Waals surface area contributed by atoms with E-state index in [-0.39, 0.29) is 6.61 Å². The van der Waals surface area contributed by atoms with E-state index >= 15 is 0 Å². The second-order valence-corrected chi connectivity index (χ2v) is 5.83. The van der Waals surface area contributed by atoms with E-state index in [1.165, 1.54) is 0 Å². The summed E-state index contributed by atoms with van der Waals surface area (Å²) in [5.74, 6) is -0.448. The Morgan fingerprint density at radius 3 is 2.67 bits per heavy atom. The second kappa shape index (κ2) is 6.04. The minimum absolute atomic E-state index is 0.281. The molecule has 1 aromatic carbocycles. The molecular weight excluding hydrogens is 319 g/mol. The highest BCUT2D eigenvalue weighted by molar-refractivity contribution is 9.10. The van der Waals surface area contributed by atoms with Crippen molar-refractivity contribution in [3.63, 3.8) is 0 Å². The first-order chi connectivity index (χ1) is 8.30. The van der Waals surface area contributed by atoms with Gasteiger partial charge in [-0.25, -0.2) is 0 Å². The van der Waals surface area contributed by atoms with Gasteiger partial charge in [-0.05, 0) is 32.9 Å². The van der Waals surface area contributed by atoms with Crippen LogP contribution in [0.2, 0.25) is 5.02 Å². The third-order valence-corrected chi connectivity index (χ3v) is 3.56. The molecule has 1 atom stereocenters. The van der Waals surface area contributed by atoms with Crippen LogP contribution in [-0.4, -0.2) is 17.7 Å². The fraction of sp³-hybridized carbons (Fsp3) is 0.462. The second-order valence-electron chi connectivity index (χ2n) is 4.51. The summed E-state index contributed by atoms with van der Waals surface area (Å²) >= 11 is 9.36. The summed E-state index contributed by atoms with van der Waals surface area (Å²) in [6.45, 7) is 5.28. The lowest BCUT2D eigenvalue weighted by molar-refractivity contribution is -0.160. The molecule has 1 rings (SSSR count). The van der Waals surface area contributed by atoms with Crippen molar-refractivity contribution in [3.05, 3.63) is 33.3 Å². The van der Waals surface area contributed by atoms with Gasteiger partial charge in [0.15, 0.2) is 0 Å². The van der Waals surface area contributed by atoms with Crippen LogP contribution in [0.25, 0.3) is 0 Å². The molecule has 18 heavy (non-hydrogen) atoms. The Bertz CT molecular complexity index is 446. The minimum atomic E-state index is -1.05. The standard InChI is InChI=1S/C13H16BrClO3/c1-4-18-12(17)13(2,3)11(16)9-6-5-8(14)7-10(9)15/h5-7,11,16H,4H2,1-3H3. The predicted octanol–water partition coefficient (Wildman–Crippen LogP) is 3.73. The van der Waals surface area contributed by atoms with E-state index in [9.17, 15) is 9.90 Å². The van der Waals surface area contributed by atoms with E-state index in [0.717, 1.165) is 4.47 Å². The van der Waals surface area contributed by atoms with Crippen molar-refractivity contribution in [2.24, 2.45) is 5.41 Å². The monoisotopic (exact) mass is 334 g/mol. The smallest absolute Gasteiger partial charge is 0.314 e. The molecular formula is C13H16BrClO3. The Morgan fingerprint density at radius 1 is 1.56 bits per heavy atom. The van der Waals surface area contributed by atoms with E-state index in [1.807, 2.05) is 0 Å². The van der Waals surface area contributed by atoms with Crippen LogP contribution in [0.1, 0.15) is 32.4 Å². The summed E-state index contributed by atoms with van der Waals surface area (Å²) in [7, 11) is 0. The number of carbonyl (C=O) groups excluding carboxylic acids is 1. The molecule has 0 fully saturated rings. The number of aliphatic hydroxyl groups is 1. The van der Waals surface area contributed by atoms with Gasteiger partial charge in [-0.2, -0.15) is 0 Å². The molecule has 0 aliphatic carbocycles. The maximum atomic E-state index is 11.8. The van der Waals surface area contributed by atoms with Crippen LogP contribution in [0.4, 0.5) is 0 Å². The molecule has 0 aromatic heterocycles. The van der Waals surface area contributed by atoms with Crippen molar-refractivity contribution in [1.29, 1.82) is 0 Å². The summed E-state index contributed by atoms with van der Waals surface area (Å²) in [4.78, 5) is 11.8. The summed E-state index contributed by atoms with van der Waals surface area (Å²) < 4.78 is 5.78. The van der Waals surface area contributed by atoms with Crippen LogP contribution < -0.4 is 0 Å². The Morgan fingerprint density at radius 2 is 2.17 bits per heavy atom. The maximum absolute atomic E-state index is 11.8. The molecule has 0 saturated heterocycles. The molecule has 0 aliphatic rings. The first kappa shape index (κ1) is 15.5. The van der Waals surface area contributed by atoms with E-state index in [0.29, 0.717) is 10.6 Å².